The molecule has 1 saturated carbocycles. The van der Waals surface area contributed by atoms with Gasteiger partial charge < -0.3 is 5.09 Å². The highest BCUT2D eigenvalue weighted by Crippen LogP contribution is 2.46. The first-order valence-electron chi connectivity index (χ1n) is 16.7. The van der Waals surface area contributed by atoms with Crippen LogP contribution in [0.1, 0.15) is 120 Å². The summed E-state index contributed by atoms with van der Waals surface area (Å²) in [6.45, 7) is 23.2. The summed E-state index contributed by atoms with van der Waals surface area (Å²) < 4.78 is 14.6. The number of hydrogen-bond donors (Lipinski definition) is 2. The number of rotatable bonds is 11. The third-order valence-electron chi connectivity index (χ3n) is 7.80. The first-order chi connectivity index (χ1) is 22.0. The molecule has 2 N–H and O–H groups in total. The van der Waals surface area contributed by atoms with Crippen molar-refractivity contribution in [2.45, 2.75) is 94.4 Å². The molecule has 0 aliphatic heterocycles. The number of hydrogen-bond acceptors (Lipinski definition) is 3. The number of aryl methyl sites for hydroxylation is 2. The average molecular weight is 754 g/mol. The van der Waals surface area contributed by atoms with Gasteiger partial charge in [-0.05, 0) is 123 Å². The summed E-state index contributed by atoms with van der Waals surface area (Å²) in [6, 6.07) is 16.6. The Morgan fingerprint density at radius 3 is 2.17 bits per heavy atom. The molecule has 4 rings (SSSR count). The van der Waals surface area contributed by atoms with Gasteiger partial charge in [0.2, 0.25) is 5.97 Å². The van der Waals surface area contributed by atoms with Gasteiger partial charge in [0.25, 0.3) is 0 Å². The zero-order valence-electron chi connectivity index (χ0n) is 29.4. The highest BCUT2D eigenvalue weighted by molar-refractivity contribution is 14.2. The summed E-state index contributed by atoms with van der Waals surface area (Å²) in [5.74, 6) is -0.533. The van der Waals surface area contributed by atoms with Crippen molar-refractivity contribution < 1.29 is 4.39 Å². The number of pyridine rings is 1. The Hall–Kier alpha value is -2.63. The molecule has 0 bridgehead atoms. The molecule has 6 heteroatoms. The van der Waals surface area contributed by atoms with Crippen LogP contribution < -0.4 is 5.09 Å². The van der Waals surface area contributed by atoms with Gasteiger partial charge in [0.15, 0.2) is 0 Å². The standard InChI is InChI=1S/C36H42FIN3P.2C2H6/c1-7-29-19-24(3)31(22-40-29)34(26-9-8-10-26)33(28-17-18-32(41-42-38)30(20-28)35(37)39)27-15-13-25(14-16-27)12-11-23(2)21-36(4,5)6;2*1-2/h11-20,22,26,39,41-42H,2,7-10,21H2,1,3-6H3;2*1-2H3/b12-11+,34-33+,39-35?;;. The highest BCUT2D eigenvalue weighted by atomic mass is 127. The van der Waals surface area contributed by atoms with Crippen LogP contribution in [0.3, 0.4) is 0 Å². The van der Waals surface area contributed by atoms with Crippen LogP contribution >= 0.6 is 28.4 Å². The number of benzene rings is 2. The molecule has 1 heterocycles. The van der Waals surface area contributed by atoms with Crippen LogP contribution in [0.2, 0.25) is 0 Å². The number of aromatic nitrogens is 1. The summed E-state index contributed by atoms with van der Waals surface area (Å²) in [4.78, 5) is 4.80. The number of halogens is 2. The van der Waals surface area contributed by atoms with Gasteiger partial charge >= 0.3 is 0 Å². The molecule has 1 fully saturated rings. The Labute approximate surface area is 293 Å². The Morgan fingerprint density at radius 2 is 1.67 bits per heavy atom. The number of allylic oxidation sites excluding steroid dienone is 3. The third kappa shape index (κ3) is 11.0. The molecule has 1 atom stereocenters. The molecule has 1 aliphatic carbocycles. The van der Waals surface area contributed by atoms with Gasteiger partial charge in [-0.3, -0.25) is 10.4 Å². The molecule has 0 saturated heterocycles. The van der Waals surface area contributed by atoms with Crippen molar-refractivity contribution in [1.82, 2.24) is 4.98 Å². The molecule has 2 aromatic carbocycles. The van der Waals surface area contributed by atoms with Gasteiger partial charge in [0.1, 0.15) is 0 Å². The van der Waals surface area contributed by atoms with Crippen molar-refractivity contribution in [3.8, 4) is 0 Å². The lowest BCUT2D eigenvalue weighted by atomic mass is 9.72. The SMILES string of the molecule is C=C(/C=C/c1ccc(/C(=C(\c2cnc(CC)cc2C)C2CCC2)c2ccc(NPI)c(C(=N)F)c2)cc1)CC(C)(C)C.CC.CC. The summed E-state index contributed by atoms with van der Waals surface area (Å²) in [5.41, 5.74) is 11.1. The van der Waals surface area contributed by atoms with Crippen molar-refractivity contribution >= 4 is 57.3 Å². The van der Waals surface area contributed by atoms with Crippen molar-refractivity contribution in [1.29, 1.82) is 5.41 Å². The molecule has 1 aromatic heterocycles. The lowest BCUT2D eigenvalue weighted by Crippen LogP contribution is -2.16. The largest absolute Gasteiger partial charge is 0.358 e. The topological polar surface area (TPSA) is 48.8 Å². The van der Waals surface area contributed by atoms with E-state index in [0.29, 0.717) is 18.0 Å². The van der Waals surface area contributed by atoms with Crippen molar-refractivity contribution in [3.05, 3.63) is 112 Å². The Bertz CT molecular complexity index is 1510. The lowest BCUT2D eigenvalue weighted by molar-refractivity contribution is 0.401. The first kappa shape index (κ1) is 39.5. The van der Waals surface area contributed by atoms with Crippen molar-refractivity contribution in [2.75, 3.05) is 5.09 Å². The first-order valence-corrected chi connectivity index (χ1v) is 20.8. The van der Waals surface area contributed by atoms with Gasteiger partial charge in [0, 0.05) is 24.0 Å². The van der Waals surface area contributed by atoms with Crippen LogP contribution in [0.5, 0.6) is 0 Å². The zero-order valence-corrected chi connectivity index (χ0v) is 32.5. The van der Waals surface area contributed by atoms with E-state index in [0.717, 1.165) is 64.8 Å². The molecule has 0 amide bonds. The van der Waals surface area contributed by atoms with Crippen LogP contribution in [0, 0.1) is 23.7 Å². The van der Waals surface area contributed by atoms with E-state index in [2.05, 4.69) is 117 Å². The second-order valence-electron chi connectivity index (χ2n) is 12.4. The predicted molar refractivity (Wildman–Crippen MR) is 213 cm³/mol. The average Bonchev–Trinajstić information content (AvgIpc) is 3.01. The van der Waals surface area contributed by atoms with E-state index in [4.69, 9.17) is 10.4 Å². The maximum atomic E-state index is 14.6. The van der Waals surface area contributed by atoms with Gasteiger partial charge in [-0.25, -0.2) is 0 Å². The maximum Gasteiger partial charge on any atom is 0.214 e. The fourth-order valence-corrected chi connectivity index (χ4v) is 6.77. The monoisotopic (exact) mass is 753 g/mol. The van der Waals surface area contributed by atoms with E-state index in [1.165, 1.54) is 17.6 Å². The summed E-state index contributed by atoms with van der Waals surface area (Å²) in [5, 5.41) is 11.1. The molecule has 3 nitrogen and oxygen atoms in total. The number of nitrogens with one attached hydrogen (secondary N) is 2. The summed E-state index contributed by atoms with van der Waals surface area (Å²) in [6.07, 6.45) is 11.9. The normalized spacial score (nSPS) is 13.7. The second-order valence-corrected chi connectivity index (χ2v) is 14.5. The fraction of sp³-hybridized carbons (Fsp3) is 0.400. The van der Waals surface area contributed by atoms with Crippen molar-refractivity contribution in [3.63, 3.8) is 0 Å². The van der Waals surface area contributed by atoms with Gasteiger partial charge in [-0.2, -0.15) is 4.39 Å². The summed E-state index contributed by atoms with van der Waals surface area (Å²) >= 11 is 2.23. The van der Waals surface area contributed by atoms with E-state index in [9.17, 15) is 4.39 Å². The van der Waals surface area contributed by atoms with Crippen LogP contribution in [-0.4, -0.2) is 10.9 Å². The molecule has 1 aliphatic rings. The molecule has 46 heavy (non-hydrogen) atoms. The smallest absolute Gasteiger partial charge is 0.214 e. The van der Waals surface area contributed by atoms with E-state index in [1.54, 1.807) is 0 Å². The quantitative estimate of drug-likeness (QED) is 0.0887. The molecule has 248 valence electrons. The van der Waals surface area contributed by atoms with Gasteiger partial charge in [-0.15, -0.1) is 0 Å². The Morgan fingerprint density at radius 1 is 1.04 bits per heavy atom. The third-order valence-corrected chi connectivity index (χ3v) is 8.97. The van der Waals surface area contributed by atoms with E-state index in [1.807, 2.05) is 46.0 Å². The minimum absolute atomic E-state index is 0.197. The lowest BCUT2D eigenvalue weighted by Gasteiger charge is -2.32. The van der Waals surface area contributed by atoms with E-state index >= 15 is 0 Å². The molecule has 3 aromatic rings. The predicted octanol–water partition coefficient (Wildman–Crippen LogP) is 13.4. The Kier molecular flexibility index (Phi) is 16.6. The van der Waals surface area contributed by atoms with Gasteiger partial charge in [-0.1, -0.05) is 116 Å². The van der Waals surface area contributed by atoms with Crippen LogP contribution in [0.25, 0.3) is 17.2 Å². The van der Waals surface area contributed by atoms with Crippen molar-refractivity contribution in [2.24, 2.45) is 11.3 Å². The van der Waals surface area contributed by atoms with Crippen LogP contribution in [-0.2, 0) is 6.42 Å². The van der Waals surface area contributed by atoms with E-state index in [-0.39, 0.29) is 11.0 Å². The summed E-state index contributed by atoms with van der Waals surface area (Å²) in [7, 11) is 0. The molecular formula is C40H54FIN3P. The molecule has 0 spiro atoms. The highest BCUT2D eigenvalue weighted by Gasteiger charge is 2.29. The second kappa shape index (κ2) is 19.3. The molecule has 0 radical (unpaired) electrons. The zero-order chi connectivity index (χ0) is 34.4. The number of nitrogens with zero attached hydrogens (tertiary/aromatic N) is 1. The Balaban J connectivity index is 0.00000177. The maximum absolute atomic E-state index is 14.6. The minimum atomic E-state index is -0.931. The molecular weight excluding hydrogens is 699 g/mol. The van der Waals surface area contributed by atoms with E-state index < -0.39 is 5.97 Å². The molecule has 1 unspecified atom stereocenters. The minimum Gasteiger partial charge on any atom is -0.358 e. The fourth-order valence-electron chi connectivity index (χ4n) is 5.58. The number of anilines is 1. The van der Waals surface area contributed by atoms with Crippen LogP contribution in [0.4, 0.5) is 10.1 Å². The van der Waals surface area contributed by atoms with Crippen LogP contribution in [0.15, 0.2) is 73.0 Å². The van der Waals surface area contributed by atoms with Gasteiger partial charge in [0.05, 0.1) is 5.56 Å².